The highest BCUT2D eigenvalue weighted by Gasteiger charge is 2.41. The van der Waals surface area contributed by atoms with Crippen LogP contribution < -0.4 is 10.1 Å². The number of carbonyl (C=O) groups excluding carboxylic acids is 1. The number of ether oxygens (including phenoxy) is 1. The molecule has 3 aromatic rings. The Morgan fingerprint density at radius 2 is 1.64 bits per heavy atom. The summed E-state index contributed by atoms with van der Waals surface area (Å²) < 4.78 is 22.0. The number of amides is 1. The van der Waals surface area contributed by atoms with Crippen molar-refractivity contribution in [1.29, 1.82) is 0 Å². The summed E-state index contributed by atoms with van der Waals surface area (Å²) in [5, 5.41) is 41.2. The highest BCUT2D eigenvalue weighted by Crippen LogP contribution is 2.35. The maximum Gasteiger partial charge on any atom is 0.336 e. The summed E-state index contributed by atoms with van der Waals surface area (Å²) in [6.07, 6.45) is 2.72. The summed E-state index contributed by atoms with van der Waals surface area (Å²) in [5.74, 6) is -4.59. The van der Waals surface area contributed by atoms with E-state index >= 15 is 0 Å². The second-order valence-electron chi connectivity index (χ2n) is 10.8. The van der Waals surface area contributed by atoms with Crippen LogP contribution in [0.1, 0.15) is 49.3 Å². The van der Waals surface area contributed by atoms with Gasteiger partial charge in [0.15, 0.2) is 5.60 Å². The zero-order chi connectivity index (χ0) is 33.2. The summed E-state index contributed by atoms with van der Waals surface area (Å²) in [4.78, 5) is 44.8. The molecule has 0 unspecified atom stereocenters. The zero-order valence-electron chi connectivity index (χ0n) is 25.0. The number of aliphatic hydroxyl groups is 1. The third-order valence-corrected chi connectivity index (χ3v) is 7.44. The van der Waals surface area contributed by atoms with Crippen LogP contribution in [0.4, 0.5) is 4.39 Å². The van der Waals surface area contributed by atoms with E-state index in [2.05, 4.69) is 27.4 Å². The molecule has 0 spiro atoms. The van der Waals surface area contributed by atoms with Gasteiger partial charge in [0, 0.05) is 50.1 Å². The van der Waals surface area contributed by atoms with Crippen LogP contribution in [0.25, 0.3) is 0 Å². The van der Waals surface area contributed by atoms with Gasteiger partial charge in [0.05, 0.1) is 32.0 Å². The Morgan fingerprint density at radius 3 is 2.16 bits per heavy atom. The van der Waals surface area contributed by atoms with E-state index in [9.17, 15) is 23.6 Å². The van der Waals surface area contributed by atoms with E-state index in [1.165, 1.54) is 18.6 Å². The molecule has 242 valence electrons. The Balaban J connectivity index is 0.000000360. The lowest BCUT2D eigenvalue weighted by atomic mass is 9.80. The first-order valence-electron chi connectivity index (χ1n) is 14.1. The van der Waals surface area contributed by atoms with Crippen molar-refractivity contribution in [2.24, 2.45) is 0 Å². The second-order valence-corrected chi connectivity index (χ2v) is 10.8. The molecule has 5 N–H and O–H groups in total. The number of hydrogen-bond donors (Lipinski definition) is 5. The van der Waals surface area contributed by atoms with E-state index in [1.807, 2.05) is 29.1 Å². The molecule has 2 heterocycles. The number of benzene rings is 2. The van der Waals surface area contributed by atoms with E-state index in [0.29, 0.717) is 24.9 Å². The lowest BCUT2D eigenvalue weighted by molar-refractivity contribution is -0.170. The number of rotatable bonds is 12. The fourth-order valence-corrected chi connectivity index (χ4v) is 5.34. The van der Waals surface area contributed by atoms with E-state index in [0.717, 1.165) is 30.9 Å². The Labute approximate surface area is 258 Å². The first kappa shape index (κ1) is 34.7. The first-order valence-corrected chi connectivity index (χ1v) is 14.1. The molecule has 1 aliphatic heterocycles. The molecule has 14 heteroatoms. The van der Waals surface area contributed by atoms with Crippen molar-refractivity contribution in [3.63, 3.8) is 0 Å². The van der Waals surface area contributed by atoms with E-state index in [-0.39, 0.29) is 11.7 Å². The molecule has 1 amide bonds. The topological polar surface area (TPSA) is 192 Å². The molecule has 0 atom stereocenters. The molecule has 1 fully saturated rings. The fourth-order valence-electron chi connectivity index (χ4n) is 5.34. The van der Waals surface area contributed by atoms with Crippen molar-refractivity contribution in [1.82, 2.24) is 20.0 Å². The number of halogens is 1. The van der Waals surface area contributed by atoms with Crippen LogP contribution in [0.3, 0.4) is 0 Å². The average molecular weight is 629 g/mol. The predicted octanol–water partition coefficient (Wildman–Crippen LogP) is 2.46. The number of nitrogens with one attached hydrogen (secondary N) is 1. The van der Waals surface area contributed by atoms with Crippen LogP contribution in [-0.2, 0) is 37.8 Å². The number of aromatic nitrogens is 2. The standard InChI is InChI=1S/C25H29FN4O2.C6H8O7/c1-19(31)28-25(22-6-3-4-7-23(22)26)10-14-29(15-11-25)17-20-8-9-24(32-2)21(16-20)18-30-13-5-12-27-30;7-3(8)1-6(13,5(11)12)2-4(9)10/h3-9,12-13,16H,10-11,14-15,17-18H2,1-2H3,(H,28,31);13H,1-2H2,(H,7,8)(H,9,10)(H,11,12). The van der Waals surface area contributed by atoms with Gasteiger partial charge in [0.25, 0.3) is 0 Å². The van der Waals surface area contributed by atoms with Gasteiger partial charge in [-0.05, 0) is 42.7 Å². The minimum Gasteiger partial charge on any atom is -0.496 e. The van der Waals surface area contributed by atoms with Crippen LogP contribution >= 0.6 is 0 Å². The average Bonchev–Trinajstić information content (AvgIpc) is 3.47. The van der Waals surface area contributed by atoms with Crippen LogP contribution in [0.2, 0.25) is 0 Å². The summed E-state index contributed by atoms with van der Waals surface area (Å²) in [6, 6.07) is 14.9. The number of carboxylic acids is 3. The molecule has 4 rings (SSSR count). The Bertz CT molecular complexity index is 1470. The van der Waals surface area contributed by atoms with Crippen LogP contribution in [0.5, 0.6) is 5.75 Å². The van der Waals surface area contributed by atoms with E-state index < -0.39 is 41.9 Å². The number of methoxy groups -OCH3 is 1. The molecule has 45 heavy (non-hydrogen) atoms. The SMILES string of the molecule is COc1ccc(CN2CCC(NC(C)=O)(c3ccccc3F)CC2)cc1Cn1cccn1.O=C(O)CC(O)(CC(=O)O)C(=O)O. The quantitative estimate of drug-likeness (QED) is 0.198. The van der Waals surface area contributed by atoms with Crippen molar-refractivity contribution in [2.75, 3.05) is 20.2 Å². The van der Waals surface area contributed by atoms with Crippen LogP contribution in [0.15, 0.2) is 60.9 Å². The van der Waals surface area contributed by atoms with E-state index in [4.69, 9.17) is 25.2 Å². The number of hydrogen-bond acceptors (Lipinski definition) is 8. The van der Waals surface area contributed by atoms with Crippen molar-refractivity contribution in [3.05, 3.63) is 83.4 Å². The monoisotopic (exact) mass is 628 g/mol. The third-order valence-electron chi connectivity index (χ3n) is 7.44. The van der Waals surface area contributed by atoms with Gasteiger partial charge in [0.1, 0.15) is 11.6 Å². The second kappa shape index (κ2) is 15.3. The first-order chi connectivity index (χ1) is 21.3. The van der Waals surface area contributed by atoms with E-state index in [1.54, 1.807) is 25.4 Å². The number of aliphatic carboxylic acids is 3. The van der Waals surface area contributed by atoms with Gasteiger partial charge in [-0.2, -0.15) is 5.10 Å². The summed E-state index contributed by atoms with van der Waals surface area (Å²) >= 11 is 0. The smallest absolute Gasteiger partial charge is 0.336 e. The Kier molecular flexibility index (Phi) is 11.8. The highest BCUT2D eigenvalue weighted by atomic mass is 19.1. The van der Waals surface area contributed by atoms with Crippen LogP contribution in [0, 0.1) is 5.82 Å². The van der Waals surface area contributed by atoms with Crippen molar-refractivity contribution >= 4 is 23.8 Å². The number of nitrogens with zero attached hydrogens (tertiary/aromatic N) is 3. The highest BCUT2D eigenvalue weighted by molar-refractivity contribution is 5.88. The summed E-state index contributed by atoms with van der Waals surface area (Å²) in [6.45, 7) is 4.43. The predicted molar refractivity (Wildman–Crippen MR) is 158 cm³/mol. The molecule has 1 aliphatic rings. The molecule has 2 aromatic carbocycles. The van der Waals surface area contributed by atoms with Crippen molar-refractivity contribution in [3.8, 4) is 5.75 Å². The minimum absolute atomic E-state index is 0.139. The molecule has 0 radical (unpaired) electrons. The molecular formula is C31H37FN4O9. The molecule has 13 nitrogen and oxygen atoms in total. The van der Waals surface area contributed by atoms with Crippen molar-refractivity contribution < 1.29 is 48.7 Å². The molecule has 1 aromatic heterocycles. The van der Waals surface area contributed by atoms with Crippen LogP contribution in [-0.4, -0.2) is 84.7 Å². The maximum absolute atomic E-state index is 14.6. The largest absolute Gasteiger partial charge is 0.496 e. The lowest BCUT2D eigenvalue weighted by Crippen LogP contribution is -2.52. The third kappa shape index (κ3) is 9.58. The summed E-state index contributed by atoms with van der Waals surface area (Å²) in [7, 11) is 1.68. The molecule has 0 saturated carbocycles. The lowest BCUT2D eigenvalue weighted by Gasteiger charge is -2.42. The number of piperidine rings is 1. The zero-order valence-corrected chi connectivity index (χ0v) is 25.0. The fraction of sp³-hybridized carbons (Fsp3) is 0.387. The van der Waals surface area contributed by atoms with Gasteiger partial charge >= 0.3 is 17.9 Å². The number of likely N-dealkylation sites (tertiary alicyclic amines) is 1. The molecule has 1 saturated heterocycles. The van der Waals surface area contributed by atoms with Gasteiger partial charge in [0.2, 0.25) is 5.91 Å². The van der Waals surface area contributed by atoms with Gasteiger partial charge in [-0.3, -0.25) is 24.0 Å². The summed E-state index contributed by atoms with van der Waals surface area (Å²) in [5.41, 5.74) is -0.576. The maximum atomic E-state index is 14.6. The Morgan fingerprint density at radius 1 is 1.00 bits per heavy atom. The number of carboxylic acid groups (broad SMARTS) is 3. The molecule has 0 aliphatic carbocycles. The van der Waals surface area contributed by atoms with Crippen molar-refractivity contribution in [2.45, 2.75) is 56.8 Å². The van der Waals surface area contributed by atoms with Gasteiger partial charge in [-0.15, -0.1) is 0 Å². The molecule has 0 bridgehead atoms. The van der Waals surface area contributed by atoms with Gasteiger partial charge < -0.3 is 30.5 Å². The number of carbonyl (C=O) groups is 4. The normalized spacial score (nSPS) is 14.5. The van der Waals surface area contributed by atoms with Gasteiger partial charge in [-0.1, -0.05) is 24.3 Å². The minimum atomic E-state index is -2.74. The molecular weight excluding hydrogens is 591 g/mol. The van der Waals surface area contributed by atoms with Gasteiger partial charge in [-0.25, -0.2) is 9.18 Å². The Hall–Kier alpha value is -4.82.